The summed E-state index contributed by atoms with van der Waals surface area (Å²) in [7, 11) is 0. The van der Waals surface area contributed by atoms with Crippen LogP contribution in [0.25, 0.3) is 0 Å². The number of halogens is 3. The second-order valence-corrected chi connectivity index (χ2v) is 5.65. The molecule has 1 amide bonds. The Morgan fingerprint density at radius 2 is 2.24 bits per heavy atom. The molecule has 2 N–H and O–H groups in total. The zero-order valence-corrected chi connectivity index (χ0v) is 14.0. The fourth-order valence-corrected chi connectivity index (χ4v) is 2.45. The minimum absolute atomic E-state index is 0. The molecule has 4 nitrogen and oxygen atoms in total. The monoisotopic (exact) mass is 352 g/mol. The fourth-order valence-electron chi connectivity index (χ4n) is 2.11. The van der Waals surface area contributed by atoms with Gasteiger partial charge >= 0.3 is 0 Å². The summed E-state index contributed by atoms with van der Waals surface area (Å²) in [5, 5.41) is 6.96. The maximum atomic E-state index is 12.1. The molecule has 1 aromatic carbocycles. The number of amides is 1. The Morgan fingerprint density at radius 1 is 1.48 bits per heavy atom. The van der Waals surface area contributed by atoms with Crippen LogP contribution in [0.1, 0.15) is 19.8 Å². The number of piperidine rings is 1. The highest BCUT2D eigenvalue weighted by Gasteiger charge is 2.21. The number of hydrogen-bond donors (Lipinski definition) is 2. The molecular formula is C14H19Cl3N2O2. The summed E-state index contributed by atoms with van der Waals surface area (Å²) in [5.41, 5.74) is 0. The van der Waals surface area contributed by atoms with Gasteiger partial charge in [-0.05, 0) is 38.4 Å². The van der Waals surface area contributed by atoms with Gasteiger partial charge in [0.1, 0.15) is 10.8 Å². The summed E-state index contributed by atoms with van der Waals surface area (Å²) in [5.74, 6) is 0.276. The van der Waals surface area contributed by atoms with Gasteiger partial charge in [0.2, 0.25) is 0 Å². The number of ether oxygens (including phenoxy) is 1. The van der Waals surface area contributed by atoms with Gasteiger partial charge in [0.25, 0.3) is 5.91 Å². The summed E-state index contributed by atoms with van der Waals surface area (Å²) in [6, 6.07) is 5.27. The van der Waals surface area contributed by atoms with Crippen LogP contribution < -0.4 is 15.4 Å². The first-order chi connectivity index (χ1) is 9.58. The summed E-state index contributed by atoms with van der Waals surface area (Å²) < 4.78 is 5.58. The standard InChI is InChI=1S/C14H18Cl2N2O2.ClH/c1-9(14(19)18-10-4-3-7-17-8-10)20-12-6-2-5-11(15)13(12)16;/h2,5-6,9-10,17H,3-4,7-8H2,1H3,(H,18,19);1H. The van der Waals surface area contributed by atoms with E-state index in [-0.39, 0.29) is 24.4 Å². The molecule has 0 spiro atoms. The first kappa shape index (κ1) is 18.4. The van der Waals surface area contributed by atoms with E-state index in [4.69, 9.17) is 27.9 Å². The molecule has 7 heteroatoms. The number of hydrogen-bond acceptors (Lipinski definition) is 3. The molecular weight excluding hydrogens is 335 g/mol. The molecule has 1 heterocycles. The van der Waals surface area contributed by atoms with Gasteiger partial charge in [0, 0.05) is 12.6 Å². The van der Waals surface area contributed by atoms with E-state index in [1.165, 1.54) is 0 Å². The minimum Gasteiger partial charge on any atom is -0.479 e. The normalized spacial score (nSPS) is 19.3. The number of carbonyl (C=O) groups is 1. The maximum absolute atomic E-state index is 12.1. The van der Waals surface area contributed by atoms with Gasteiger partial charge in [-0.2, -0.15) is 0 Å². The average molecular weight is 354 g/mol. The number of nitrogens with one attached hydrogen (secondary N) is 2. The van der Waals surface area contributed by atoms with Crippen LogP contribution in [0.4, 0.5) is 0 Å². The maximum Gasteiger partial charge on any atom is 0.261 e. The third-order valence-electron chi connectivity index (χ3n) is 3.23. The molecule has 1 saturated heterocycles. The van der Waals surface area contributed by atoms with Crippen LogP contribution in [-0.4, -0.2) is 31.1 Å². The first-order valence-corrected chi connectivity index (χ1v) is 7.45. The molecule has 1 aliphatic heterocycles. The van der Waals surface area contributed by atoms with Gasteiger partial charge < -0.3 is 15.4 Å². The van der Waals surface area contributed by atoms with Gasteiger partial charge in [0.15, 0.2) is 6.10 Å². The van der Waals surface area contributed by atoms with Crippen LogP contribution >= 0.6 is 35.6 Å². The van der Waals surface area contributed by atoms with E-state index < -0.39 is 6.10 Å². The first-order valence-electron chi connectivity index (χ1n) is 6.69. The van der Waals surface area contributed by atoms with Crippen molar-refractivity contribution in [3.63, 3.8) is 0 Å². The molecule has 21 heavy (non-hydrogen) atoms. The van der Waals surface area contributed by atoms with Crippen molar-refractivity contribution in [3.05, 3.63) is 28.2 Å². The van der Waals surface area contributed by atoms with Crippen molar-refractivity contribution >= 4 is 41.5 Å². The third-order valence-corrected chi connectivity index (χ3v) is 4.03. The zero-order valence-electron chi connectivity index (χ0n) is 11.7. The molecule has 2 rings (SSSR count). The lowest BCUT2D eigenvalue weighted by Gasteiger charge is -2.25. The number of carbonyl (C=O) groups excluding carboxylic acids is 1. The van der Waals surface area contributed by atoms with Crippen molar-refractivity contribution < 1.29 is 9.53 Å². The Bertz CT molecular complexity index is 479. The average Bonchev–Trinajstić information content (AvgIpc) is 2.45. The lowest BCUT2D eigenvalue weighted by Crippen LogP contribution is -2.49. The lowest BCUT2D eigenvalue weighted by molar-refractivity contribution is -0.128. The summed E-state index contributed by atoms with van der Waals surface area (Å²) in [6.45, 7) is 3.51. The topological polar surface area (TPSA) is 50.4 Å². The lowest BCUT2D eigenvalue weighted by atomic mass is 10.1. The van der Waals surface area contributed by atoms with Gasteiger partial charge in [-0.3, -0.25) is 4.79 Å². The van der Waals surface area contributed by atoms with Crippen LogP contribution in [0.15, 0.2) is 18.2 Å². The summed E-state index contributed by atoms with van der Waals surface area (Å²) in [6.07, 6.45) is 1.44. The second-order valence-electron chi connectivity index (χ2n) is 4.86. The van der Waals surface area contributed by atoms with E-state index in [1.807, 2.05) is 0 Å². The SMILES string of the molecule is CC(Oc1cccc(Cl)c1Cl)C(=O)NC1CCCNC1.Cl. The molecule has 1 aliphatic rings. The highest BCUT2D eigenvalue weighted by Crippen LogP contribution is 2.32. The van der Waals surface area contributed by atoms with Crippen molar-refractivity contribution in [1.82, 2.24) is 10.6 Å². The quantitative estimate of drug-likeness (QED) is 0.874. The van der Waals surface area contributed by atoms with Gasteiger partial charge in [-0.15, -0.1) is 12.4 Å². The zero-order chi connectivity index (χ0) is 14.5. The van der Waals surface area contributed by atoms with Crippen molar-refractivity contribution in [1.29, 1.82) is 0 Å². The predicted molar refractivity (Wildman–Crippen MR) is 87.8 cm³/mol. The van der Waals surface area contributed by atoms with Gasteiger partial charge in [0.05, 0.1) is 5.02 Å². The van der Waals surface area contributed by atoms with Gasteiger partial charge in [-0.25, -0.2) is 0 Å². The van der Waals surface area contributed by atoms with Crippen molar-refractivity contribution in [2.45, 2.75) is 31.9 Å². The molecule has 0 bridgehead atoms. The van der Waals surface area contributed by atoms with Crippen molar-refractivity contribution in [3.8, 4) is 5.75 Å². The van der Waals surface area contributed by atoms with E-state index in [9.17, 15) is 4.79 Å². The van der Waals surface area contributed by atoms with E-state index in [0.29, 0.717) is 15.8 Å². The van der Waals surface area contributed by atoms with Crippen LogP contribution in [0.3, 0.4) is 0 Å². The Labute approximate surface area is 140 Å². The molecule has 1 aromatic rings. The fraction of sp³-hybridized carbons (Fsp3) is 0.500. The van der Waals surface area contributed by atoms with E-state index >= 15 is 0 Å². The van der Waals surface area contributed by atoms with Crippen LogP contribution in [-0.2, 0) is 4.79 Å². The van der Waals surface area contributed by atoms with Crippen molar-refractivity contribution in [2.24, 2.45) is 0 Å². The smallest absolute Gasteiger partial charge is 0.261 e. The number of rotatable bonds is 4. The van der Waals surface area contributed by atoms with E-state index in [2.05, 4.69) is 10.6 Å². The molecule has 0 aliphatic carbocycles. The number of benzene rings is 1. The molecule has 0 radical (unpaired) electrons. The van der Waals surface area contributed by atoms with E-state index in [1.54, 1.807) is 25.1 Å². The minimum atomic E-state index is -0.618. The Hall–Kier alpha value is -0.680. The van der Waals surface area contributed by atoms with Gasteiger partial charge in [-0.1, -0.05) is 29.3 Å². The Kier molecular flexibility index (Phi) is 7.60. The molecule has 2 atom stereocenters. The van der Waals surface area contributed by atoms with Crippen LogP contribution in [0, 0.1) is 0 Å². The Balaban J connectivity index is 0.00000220. The summed E-state index contributed by atoms with van der Waals surface area (Å²) >= 11 is 11.9. The van der Waals surface area contributed by atoms with Crippen LogP contribution in [0.5, 0.6) is 5.75 Å². The highest BCUT2D eigenvalue weighted by molar-refractivity contribution is 6.42. The highest BCUT2D eigenvalue weighted by atomic mass is 35.5. The summed E-state index contributed by atoms with van der Waals surface area (Å²) in [4.78, 5) is 12.1. The molecule has 0 saturated carbocycles. The largest absolute Gasteiger partial charge is 0.479 e. The van der Waals surface area contributed by atoms with E-state index in [0.717, 1.165) is 25.9 Å². The molecule has 118 valence electrons. The molecule has 0 aromatic heterocycles. The molecule has 1 fully saturated rings. The van der Waals surface area contributed by atoms with Crippen LogP contribution in [0.2, 0.25) is 10.0 Å². The van der Waals surface area contributed by atoms with Crippen molar-refractivity contribution in [2.75, 3.05) is 13.1 Å². The third kappa shape index (κ3) is 5.22. The molecule has 2 unspecified atom stereocenters. The predicted octanol–water partition coefficient (Wildman–Crippen LogP) is 3.05. The Morgan fingerprint density at radius 3 is 2.90 bits per heavy atom. The second kappa shape index (κ2) is 8.69.